The van der Waals surface area contributed by atoms with Crippen LogP contribution in [0.15, 0.2) is 71.6 Å². The molecule has 0 aliphatic rings. The van der Waals surface area contributed by atoms with E-state index >= 15 is 0 Å². The van der Waals surface area contributed by atoms with E-state index in [0.29, 0.717) is 12.3 Å². The van der Waals surface area contributed by atoms with Gasteiger partial charge in [0, 0.05) is 18.0 Å². The smallest absolute Gasteiger partial charge is 0.230 e. The van der Waals surface area contributed by atoms with E-state index in [4.69, 9.17) is 0 Å². The van der Waals surface area contributed by atoms with Crippen molar-refractivity contribution >= 4 is 28.4 Å². The van der Waals surface area contributed by atoms with Crippen molar-refractivity contribution < 1.29 is 4.79 Å². The van der Waals surface area contributed by atoms with Gasteiger partial charge in [0.05, 0.1) is 5.75 Å². The number of rotatable bonds is 7. The number of amides is 1. The van der Waals surface area contributed by atoms with Gasteiger partial charge in [0.25, 0.3) is 0 Å². The summed E-state index contributed by atoms with van der Waals surface area (Å²) in [6.07, 6.45) is 0. The van der Waals surface area contributed by atoms with Gasteiger partial charge in [-0.15, -0.1) is 11.8 Å². The normalized spacial score (nSPS) is 11.0. The fraction of sp³-hybridized carbons (Fsp3) is 0.227. The summed E-state index contributed by atoms with van der Waals surface area (Å²) in [6, 6.07) is 23.0. The molecule has 0 aromatic heterocycles. The number of nitrogens with one attached hydrogen (secondary N) is 1. The van der Waals surface area contributed by atoms with Crippen LogP contribution in [0.1, 0.15) is 11.1 Å². The molecule has 0 saturated heterocycles. The molecule has 3 rings (SSSR count). The highest BCUT2D eigenvalue weighted by atomic mass is 32.2. The Morgan fingerprint density at radius 1 is 0.923 bits per heavy atom. The van der Waals surface area contributed by atoms with E-state index in [9.17, 15) is 4.79 Å². The summed E-state index contributed by atoms with van der Waals surface area (Å²) in [7, 11) is 4.11. The molecule has 3 aromatic rings. The summed E-state index contributed by atoms with van der Waals surface area (Å²) < 4.78 is 0. The predicted octanol–water partition coefficient (Wildman–Crippen LogP) is 4.31. The molecule has 26 heavy (non-hydrogen) atoms. The lowest BCUT2D eigenvalue weighted by molar-refractivity contribution is -0.118. The molecule has 4 heteroatoms. The Morgan fingerprint density at radius 3 is 2.35 bits per heavy atom. The van der Waals surface area contributed by atoms with Crippen LogP contribution in [0.2, 0.25) is 0 Å². The van der Waals surface area contributed by atoms with Crippen molar-refractivity contribution in [1.29, 1.82) is 0 Å². The zero-order chi connectivity index (χ0) is 18.4. The number of carbonyl (C=O) groups is 1. The molecule has 3 nitrogen and oxygen atoms in total. The van der Waals surface area contributed by atoms with Gasteiger partial charge in [0.15, 0.2) is 0 Å². The number of benzene rings is 3. The SMILES string of the molecule is CN(C)Cc1ccc(CNC(=O)CSc2ccc3ccccc3c2)cc1. The molecule has 1 N–H and O–H groups in total. The Balaban J connectivity index is 1.47. The molecule has 0 aliphatic heterocycles. The second-order valence-corrected chi connectivity index (χ2v) is 7.68. The lowest BCUT2D eigenvalue weighted by Crippen LogP contribution is -2.24. The summed E-state index contributed by atoms with van der Waals surface area (Å²) >= 11 is 1.57. The van der Waals surface area contributed by atoms with Crippen LogP contribution >= 0.6 is 11.8 Å². The average Bonchev–Trinajstić information content (AvgIpc) is 2.65. The maximum absolute atomic E-state index is 12.1. The van der Waals surface area contributed by atoms with E-state index in [1.807, 2.05) is 12.1 Å². The van der Waals surface area contributed by atoms with Crippen molar-refractivity contribution in [2.45, 2.75) is 18.0 Å². The maximum atomic E-state index is 12.1. The van der Waals surface area contributed by atoms with Crippen LogP contribution in [0.4, 0.5) is 0 Å². The molecular weight excluding hydrogens is 340 g/mol. The molecule has 0 fully saturated rings. The number of fused-ring (bicyclic) bond motifs is 1. The van der Waals surface area contributed by atoms with Crippen LogP contribution in [0.3, 0.4) is 0 Å². The second kappa shape index (κ2) is 8.88. The standard InChI is InChI=1S/C22H24N2OS/c1-24(2)15-18-9-7-17(8-10-18)14-23-22(25)16-26-21-12-11-19-5-3-4-6-20(19)13-21/h3-13H,14-16H2,1-2H3,(H,23,25). The average molecular weight is 365 g/mol. The maximum Gasteiger partial charge on any atom is 0.230 e. The Hall–Kier alpha value is -2.30. The van der Waals surface area contributed by atoms with Gasteiger partial charge in [0.1, 0.15) is 0 Å². The first-order valence-corrected chi connectivity index (χ1v) is 9.69. The zero-order valence-corrected chi connectivity index (χ0v) is 16.1. The number of hydrogen-bond donors (Lipinski definition) is 1. The third-order valence-corrected chi connectivity index (χ3v) is 5.10. The Kier molecular flexibility index (Phi) is 6.31. The quantitative estimate of drug-likeness (QED) is 0.634. The van der Waals surface area contributed by atoms with Gasteiger partial charge in [-0.25, -0.2) is 0 Å². The monoisotopic (exact) mass is 364 g/mol. The van der Waals surface area contributed by atoms with Gasteiger partial charge in [0.2, 0.25) is 5.91 Å². The van der Waals surface area contributed by atoms with Crippen LogP contribution in [0.25, 0.3) is 10.8 Å². The molecule has 0 unspecified atom stereocenters. The van der Waals surface area contributed by atoms with Gasteiger partial charge in [-0.2, -0.15) is 0 Å². The van der Waals surface area contributed by atoms with Crippen molar-refractivity contribution in [2.75, 3.05) is 19.8 Å². The van der Waals surface area contributed by atoms with Gasteiger partial charge in [-0.3, -0.25) is 4.79 Å². The van der Waals surface area contributed by atoms with Crippen LogP contribution in [0, 0.1) is 0 Å². The first-order chi connectivity index (χ1) is 12.6. The minimum absolute atomic E-state index is 0.0560. The number of nitrogens with zero attached hydrogens (tertiary/aromatic N) is 1. The fourth-order valence-electron chi connectivity index (χ4n) is 2.79. The van der Waals surface area contributed by atoms with Gasteiger partial charge in [-0.05, 0) is 48.1 Å². The van der Waals surface area contributed by atoms with Gasteiger partial charge < -0.3 is 10.2 Å². The second-order valence-electron chi connectivity index (χ2n) is 6.63. The summed E-state index contributed by atoms with van der Waals surface area (Å²) in [6.45, 7) is 1.49. The highest BCUT2D eigenvalue weighted by molar-refractivity contribution is 8.00. The molecule has 0 radical (unpaired) electrons. The first-order valence-electron chi connectivity index (χ1n) is 8.71. The lowest BCUT2D eigenvalue weighted by Gasteiger charge is -2.10. The highest BCUT2D eigenvalue weighted by Gasteiger charge is 2.04. The highest BCUT2D eigenvalue weighted by Crippen LogP contribution is 2.23. The third kappa shape index (κ3) is 5.35. The molecule has 134 valence electrons. The molecule has 0 aliphatic carbocycles. The third-order valence-electron chi connectivity index (χ3n) is 4.10. The van der Waals surface area contributed by atoms with Crippen LogP contribution in [-0.4, -0.2) is 30.7 Å². The Morgan fingerprint density at radius 2 is 1.62 bits per heavy atom. The topological polar surface area (TPSA) is 32.3 Å². The zero-order valence-electron chi connectivity index (χ0n) is 15.2. The fourth-order valence-corrected chi connectivity index (χ4v) is 3.56. The molecule has 0 heterocycles. The Bertz CT molecular complexity index is 875. The number of carbonyl (C=O) groups excluding carboxylic acids is 1. The van der Waals surface area contributed by atoms with Crippen LogP contribution < -0.4 is 5.32 Å². The van der Waals surface area contributed by atoms with E-state index in [0.717, 1.165) is 17.0 Å². The van der Waals surface area contributed by atoms with Crippen LogP contribution in [0.5, 0.6) is 0 Å². The molecule has 1 amide bonds. The Labute approximate surface area is 159 Å². The lowest BCUT2D eigenvalue weighted by atomic mass is 10.1. The van der Waals surface area contributed by atoms with Crippen molar-refractivity contribution in [3.8, 4) is 0 Å². The van der Waals surface area contributed by atoms with E-state index in [2.05, 4.69) is 78.9 Å². The van der Waals surface area contributed by atoms with Crippen molar-refractivity contribution in [2.24, 2.45) is 0 Å². The number of thioether (sulfide) groups is 1. The van der Waals surface area contributed by atoms with Gasteiger partial charge >= 0.3 is 0 Å². The van der Waals surface area contributed by atoms with Crippen molar-refractivity contribution in [1.82, 2.24) is 10.2 Å². The minimum Gasteiger partial charge on any atom is -0.351 e. The molecule has 0 spiro atoms. The van der Waals surface area contributed by atoms with Crippen molar-refractivity contribution in [3.63, 3.8) is 0 Å². The van der Waals surface area contributed by atoms with E-state index < -0.39 is 0 Å². The summed E-state index contributed by atoms with van der Waals surface area (Å²) in [5, 5.41) is 5.42. The van der Waals surface area contributed by atoms with E-state index in [1.165, 1.54) is 16.3 Å². The van der Waals surface area contributed by atoms with E-state index in [-0.39, 0.29) is 5.91 Å². The van der Waals surface area contributed by atoms with Gasteiger partial charge in [-0.1, -0.05) is 54.6 Å². The molecule has 0 atom stereocenters. The summed E-state index contributed by atoms with van der Waals surface area (Å²) in [4.78, 5) is 15.4. The summed E-state index contributed by atoms with van der Waals surface area (Å²) in [5.41, 5.74) is 2.40. The molecule has 0 bridgehead atoms. The largest absolute Gasteiger partial charge is 0.351 e. The minimum atomic E-state index is 0.0560. The summed E-state index contributed by atoms with van der Waals surface area (Å²) in [5.74, 6) is 0.484. The molecule has 0 saturated carbocycles. The van der Waals surface area contributed by atoms with Crippen LogP contribution in [-0.2, 0) is 17.9 Å². The molecular formula is C22H24N2OS. The predicted molar refractivity (Wildman–Crippen MR) is 110 cm³/mol. The van der Waals surface area contributed by atoms with E-state index in [1.54, 1.807) is 11.8 Å². The number of hydrogen-bond acceptors (Lipinski definition) is 3. The first kappa shape index (κ1) is 18.5. The van der Waals surface area contributed by atoms with Crippen molar-refractivity contribution in [3.05, 3.63) is 77.9 Å². The molecule has 3 aromatic carbocycles.